The number of rotatable bonds is 6. The van der Waals surface area contributed by atoms with Crippen molar-refractivity contribution >= 4 is 11.8 Å². The van der Waals surface area contributed by atoms with Crippen LogP contribution < -0.4 is 0 Å². The van der Waals surface area contributed by atoms with Gasteiger partial charge in [-0.15, -0.1) is 0 Å². The Balaban J connectivity index is 1.55. The maximum atomic E-state index is 6.00. The van der Waals surface area contributed by atoms with E-state index >= 15 is 0 Å². The van der Waals surface area contributed by atoms with E-state index in [0.29, 0.717) is 0 Å². The Morgan fingerprint density at radius 3 is 2.61 bits per heavy atom. The van der Waals surface area contributed by atoms with Gasteiger partial charge in [0.05, 0.1) is 6.10 Å². The molecule has 23 heavy (non-hydrogen) atoms. The number of allylic oxidation sites excluding steroid dienone is 1. The van der Waals surface area contributed by atoms with Crippen molar-refractivity contribution in [3.8, 4) is 0 Å². The predicted molar refractivity (Wildman–Crippen MR) is 90.2 cm³/mol. The van der Waals surface area contributed by atoms with E-state index < -0.39 is 5.79 Å². The number of hydrogen-bond acceptors (Lipinski definition) is 5. The van der Waals surface area contributed by atoms with Crippen LogP contribution in [0.3, 0.4) is 0 Å². The summed E-state index contributed by atoms with van der Waals surface area (Å²) in [5, 5.41) is 0. The maximum absolute atomic E-state index is 6.00. The molecular weight excluding hydrogens is 312 g/mol. The molecule has 0 spiro atoms. The third-order valence-electron chi connectivity index (χ3n) is 4.05. The number of hydrogen-bond donors (Lipinski definition) is 0. The van der Waals surface area contributed by atoms with E-state index in [-0.39, 0.29) is 24.6 Å². The molecule has 2 aliphatic heterocycles. The summed E-state index contributed by atoms with van der Waals surface area (Å²) in [6.07, 6.45) is 1.09. The van der Waals surface area contributed by atoms with Gasteiger partial charge in [-0.3, -0.25) is 0 Å². The van der Waals surface area contributed by atoms with Gasteiger partial charge in [0, 0.05) is 12.0 Å². The maximum Gasteiger partial charge on any atom is 0.186 e. The SMILES string of the molecule is C=C(CC[C@H]1O[C@@H](OC)[C@@H]2OC(C)(C)O[C@@H]21)Sc1ccccc1. The highest BCUT2D eigenvalue weighted by Crippen LogP contribution is 2.41. The Kier molecular flexibility index (Phi) is 5.13. The Morgan fingerprint density at radius 1 is 1.22 bits per heavy atom. The van der Waals surface area contributed by atoms with Crippen LogP contribution in [0, 0.1) is 0 Å². The molecular formula is C18H24O4S. The minimum atomic E-state index is -0.579. The quantitative estimate of drug-likeness (QED) is 0.735. The number of thioether (sulfide) groups is 1. The third kappa shape index (κ3) is 3.98. The summed E-state index contributed by atoms with van der Waals surface area (Å²) in [5.41, 5.74) is 0. The summed E-state index contributed by atoms with van der Waals surface area (Å²) in [6, 6.07) is 10.3. The van der Waals surface area contributed by atoms with Crippen LogP contribution in [-0.4, -0.2) is 37.5 Å². The van der Waals surface area contributed by atoms with Crippen LogP contribution in [0.2, 0.25) is 0 Å². The molecule has 2 heterocycles. The molecule has 0 bridgehead atoms. The standard InChI is InChI=1S/C18H24O4S/c1-12(23-13-8-6-5-7-9-13)10-11-14-15-16(17(19-4)20-14)22-18(2,3)21-15/h5-9,14-17H,1,10-11H2,2-4H3/t14-,15-,16-,17-/m1/s1. The largest absolute Gasteiger partial charge is 0.353 e. The normalized spacial score (nSPS) is 32.0. The molecule has 0 radical (unpaired) electrons. The van der Waals surface area contributed by atoms with Crippen LogP contribution in [0.5, 0.6) is 0 Å². The minimum absolute atomic E-state index is 0.0279. The van der Waals surface area contributed by atoms with Gasteiger partial charge in [-0.2, -0.15) is 0 Å². The number of ether oxygens (including phenoxy) is 4. The first-order chi connectivity index (χ1) is 11.0. The van der Waals surface area contributed by atoms with Crippen LogP contribution in [-0.2, 0) is 18.9 Å². The molecule has 3 rings (SSSR count). The molecule has 0 aliphatic carbocycles. The number of fused-ring (bicyclic) bond motifs is 1. The van der Waals surface area contributed by atoms with Crippen LogP contribution >= 0.6 is 11.8 Å². The molecule has 1 aromatic rings. The van der Waals surface area contributed by atoms with E-state index in [0.717, 1.165) is 17.7 Å². The van der Waals surface area contributed by atoms with Gasteiger partial charge >= 0.3 is 0 Å². The molecule has 0 unspecified atom stereocenters. The van der Waals surface area contributed by atoms with E-state index in [1.165, 1.54) is 4.90 Å². The average molecular weight is 336 g/mol. The van der Waals surface area contributed by atoms with E-state index in [2.05, 4.69) is 18.7 Å². The van der Waals surface area contributed by atoms with Crippen LogP contribution in [0.15, 0.2) is 46.7 Å². The summed E-state index contributed by atoms with van der Waals surface area (Å²) >= 11 is 1.71. The van der Waals surface area contributed by atoms with Crippen molar-refractivity contribution < 1.29 is 18.9 Å². The van der Waals surface area contributed by atoms with Crippen LogP contribution in [0.25, 0.3) is 0 Å². The zero-order chi connectivity index (χ0) is 16.4. The van der Waals surface area contributed by atoms with Gasteiger partial charge in [-0.25, -0.2) is 0 Å². The first kappa shape index (κ1) is 17.0. The summed E-state index contributed by atoms with van der Waals surface area (Å²) in [7, 11) is 1.64. The van der Waals surface area contributed by atoms with Gasteiger partial charge in [0.2, 0.25) is 0 Å². The zero-order valence-electron chi connectivity index (χ0n) is 13.9. The summed E-state index contributed by atoms with van der Waals surface area (Å²) in [5.74, 6) is -0.579. The Hall–Kier alpha value is -0.850. The zero-order valence-corrected chi connectivity index (χ0v) is 14.7. The lowest BCUT2D eigenvalue weighted by Gasteiger charge is -2.23. The molecule has 4 nitrogen and oxygen atoms in total. The Morgan fingerprint density at radius 2 is 1.91 bits per heavy atom. The predicted octanol–water partition coefficient (Wildman–Crippen LogP) is 3.96. The topological polar surface area (TPSA) is 36.9 Å². The lowest BCUT2D eigenvalue weighted by Crippen LogP contribution is -2.30. The minimum Gasteiger partial charge on any atom is -0.353 e. The van der Waals surface area contributed by atoms with Crippen molar-refractivity contribution in [3.63, 3.8) is 0 Å². The van der Waals surface area contributed by atoms with E-state index in [9.17, 15) is 0 Å². The summed E-state index contributed by atoms with van der Waals surface area (Å²) < 4.78 is 23.3. The highest BCUT2D eigenvalue weighted by molar-refractivity contribution is 8.03. The molecule has 4 atom stereocenters. The van der Waals surface area contributed by atoms with Gasteiger partial charge in [0.15, 0.2) is 12.1 Å². The van der Waals surface area contributed by atoms with Crippen molar-refractivity contribution in [2.45, 2.75) is 62.0 Å². The number of methoxy groups -OCH3 is 1. The van der Waals surface area contributed by atoms with Crippen LogP contribution in [0.4, 0.5) is 0 Å². The van der Waals surface area contributed by atoms with Gasteiger partial charge < -0.3 is 18.9 Å². The molecule has 126 valence electrons. The molecule has 0 saturated carbocycles. The second kappa shape index (κ2) is 6.95. The van der Waals surface area contributed by atoms with Gasteiger partial charge in [0.25, 0.3) is 0 Å². The van der Waals surface area contributed by atoms with E-state index in [1.54, 1.807) is 18.9 Å². The lowest BCUT2D eigenvalue weighted by molar-refractivity contribution is -0.227. The smallest absolute Gasteiger partial charge is 0.186 e. The van der Waals surface area contributed by atoms with Crippen molar-refractivity contribution in [2.24, 2.45) is 0 Å². The first-order valence-electron chi connectivity index (χ1n) is 7.93. The van der Waals surface area contributed by atoms with Gasteiger partial charge in [0.1, 0.15) is 12.2 Å². The molecule has 2 saturated heterocycles. The Bertz CT molecular complexity index is 545. The second-order valence-electron chi connectivity index (χ2n) is 6.34. The molecule has 2 aliphatic rings. The fraction of sp³-hybridized carbons (Fsp3) is 0.556. The fourth-order valence-electron chi connectivity index (χ4n) is 3.07. The molecule has 0 aromatic heterocycles. The molecule has 0 amide bonds. The lowest BCUT2D eigenvalue weighted by atomic mass is 10.1. The first-order valence-corrected chi connectivity index (χ1v) is 8.75. The fourth-order valence-corrected chi connectivity index (χ4v) is 3.92. The monoisotopic (exact) mass is 336 g/mol. The molecule has 5 heteroatoms. The highest BCUT2D eigenvalue weighted by atomic mass is 32.2. The summed E-state index contributed by atoms with van der Waals surface area (Å²) in [6.45, 7) is 8.03. The third-order valence-corrected chi connectivity index (χ3v) is 5.05. The highest BCUT2D eigenvalue weighted by Gasteiger charge is 2.55. The van der Waals surface area contributed by atoms with E-state index in [4.69, 9.17) is 18.9 Å². The second-order valence-corrected chi connectivity index (χ2v) is 7.59. The van der Waals surface area contributed by atoms with E-state index in [1.807, 2.05) is 32.0 Å². The van der Waals surface area contributed by atoms with Crippen LogP contribution in [0.1, 0.15) is 26.7 Å². The van der Waals surface area contributed by atoms with Gasteiger partial charge in [-0.1, -0.05) is 36.5 Å². The molecule has 1 aromatic carbocycles. The Labute approximate surface area is 142 Å². The molecule has 0 N–H and O–H groups in total. The van der Waals surface area contributed by atoms with Crippen molar-refractivity contribution in [1.29, 1.82) is 0 Å². The van der Waals surface area contributed by atoms with Gasteiger partial charge in [-0.05, 0) is 43.7 Å². The molecule has 2 fully saturated rings. The van der Waals surface area contributed by atoms with Crippen molar-refractivity contribution in [1.82, 2.24) is 0 Å². The van der Waals surface area contributed by atoms with Crippen molar-refractivity contribution in [3.05, 3.63) is 41.8 Å². The summed E-state index contributed by atoms with van der Waals surface area (Å²) in [4.78, 5) is 2.33. The number of benzene rings is 1. The van der Waals surface area contributed by atoms with Crippen molar-refractivity contribution in [2.75, 3.05) is 7.11 Å². The average Bonchev–Trinajstić information content (AvgIpc) is 2.99.